The number of aryl methyl sites for hydroxylation is 2. The van der Waals surface area contributed by atoms with Crippen molar-refractivity contribution in [1.29, 1.82) is 0 Å². The van der Waals surface area contributed by atoms with Crippen LogP contribution in [0.15, 0.2) is 34.6 Å². The number of thioether (sulfide) groups is 2. The highest BCUT2D eigenvalue weighted by atomic mass is 35.5. The SMILES string of the molecule is CCn1c(CSc2nc(C)cc(C)n2)nnc1SCC(=O)Nc1c(Cl)cccc1Cl. The molecule has 0 fully saturated rings. The highest BCUT2D eigenvalue weighted by Crippen LogP contribution is 2.30. The maximum Gasteiger partial charge on any atom is 0.234 e. The molecule has 1 N–H and O–H groups in total. The van der Waals surface area contributed by atoms with E-state index in [2.05, 4.69) is 25.5 Å². The van der Waals surface area contributed by atoms with Crippen LogP contribution >= 0.6 is 46.7 Å². The fourth-order valence-corrected chi connectivity index (χ4v) is 4.86. The summed E-state index contributed by atoms with van der Waals surface area (Å²) in [6.07, 6.45) is 0. The Morgan fingerprint density at radius 2 is 1.77 bits per heavy atom. The van der Waals surface area contributed by atoms with Gasteiger partial charge in [-0.3, -0.25) is 4.79 Å². The summed E-state index contributed by atoms with van der Waals surface area (Å²) in [4.78, 5) is 21.2. The Hall–Kier alpha value is -1.81. The number of rotatable bonds is 8. The van der Waals surface area contributed by atoms with E-state index in [1.165, 1.54) is 23.5 Å². The molecular weight excluding hydrogens is 463 g/mol. The summed E-state index contributed by atoms with van der Waals surface area (Å²) < 4.78 is 1.98. The molecule has 0 aliphatic rings. The largest absolute Gasteiger partial charge is 0.323 e. The lowest BCUT2D eigenvalue weighted by Crippen LogP contribution is -2.15. The average Bonchev–Trinajstić information content (AvgIpc) is 3.09. The Morgan fingerprint density at radius 3 is 2.40 bits per heavy atom. The minimum atomic E-state index is -0.222. The molecule has 0 radical (unpaired) electrons. The molecule has 0 atom stereocenters. The fourth-order valence-electron chi connectivity index (χ4n) is 2.66. The molecule has 1 amide bonds. The molecule has 7 nitrogen and oxygen atoms in total. The number of nitrogens with zero attached hydrogens (tertiary/aromatic N) is 5. The van der Waals surface area contributed by atoms with E-state index in [4.69, 9.17) is 23.2 Å². The van der Waals surface area contributed by atoms with Crippen molar-refractivity contribution in [3.8, 4) is 0 Å². The summed E-state index contributed by atoms with van der Waals surface area (Å²) in [6, 6.07) is 7.01. The minimum absolute atomic E-state index is 0.160. The predicted molar refractivity (Wildman–Crippen MR) is 123 cm³/mol. The second kappa shape index (κ2) is 10.5. The number of carbonyl (C=O) groups excluding carboxylic acids is 1. The lowest BCUT2D eigenvalue weighted by molar-refractivity contribution is -0.113. The lowest BCUT2D eigenvalue weighted by atomic mass is 10.3. The summed E-state index contributed by atoms with van der Waals surface area (Å²) in [7, 11) is 0. The van der Waals surface area contributed by atoms with Gasteiger partial charge in [-0.15, -0.1) is 10.2 Å². The molecule has 158 valence electrons. The van der Waals surface area contributed by atoms with E-state index in [0.29, 0.717) is 38.3 Å². The van der Waals surface area contributed by atoms with Gasteiger partial charge in [0.2, 0.25) is 5.91 Å². The number of carbonyl (C=O) groups is 1. The molecule has 2 heterocycles. The molecule has 0 bridgehead atoms. The van der Waals surface area contributed by atoms with Crippen LogP contribution in [0.1, 0.15) is 24.1 Å². The monoisotopic (exact) mass is 482 g/mol. The molecule has 11 heteroatoms. The second-order valence-electron chi connectivity index (χ2n) is 6.30. The van der Waals surface area contributed by atoms with Crippen molar-refractivity contribution in [2.24, 2.45) is 0 Å². The van der Waals surface area contributed by atoms with Gasteiger partial charge in [0.05, 0.1) is 27.2 Å². The molecule has 3 rings (SSSR count). The quantitative estimate of drug-likeness (QED) is 0.355. The first-order chi connectivity index (χ1) is 14.4. The van der Waals surface area contributed by atoms with Crippen LogP contribution in [0, 0.1) is 13.8 Å². The zero-order valence-electron chi connectivity index (χ0n) is 16.6. The summed E-state index contributed by atoms with van der Waals surface area (Å²) in [5, 5.41) is 13.4. The van der Waals surface area contributed by atoms with Crippen LogP contribution in [0.3, 0.4) is 0 Å². The van der Waals surface area contributed by atoms with E-state index in [1.807, 2.05) is 31.4 Å². The number of benzene rings is 1. The molecule has 1 aromatic carbocycles. The van der Waals surface area contributed by atoms with E-state index >= 15 is 0 Å². The molecule has 0 unspecified atom stereocenters. The van der Waals surface area contributed by atoms with Crippen molar-refractivity contribution in [3.05, 3.63) is 51.5 Å². The van der Waals surface area contributed by atoms with Crippen LogP contribution in [0.4, 0.5) is 5.69 Å². The minimum Gasteiger partial charge on any atom is -0.323 e. The van der Waals surface area contributed by atoms with E-state index in [-0.39, 0.29) is 11.7 Å². The molecule has 0 aliphatic heterocycles. The molecule has 30 heavy (non-hydrogen) atoms. The Balaban J connectivity index is 1.62. The number of para-hydroxylation sites is 1. The van der Waals surface area contributed by atoms with Gasteiger partial charge in [-0.2, -0.15) is 0 Å². The summed E-state index contributed by atoms with van der Waals surface area (Å²) in [5.41, 5.74) is 2.28. The van der Waals surface area contributed by atoms with Crippen molar-refractivity contribution < 1.29 is 4.79 Å². The van der Waals surface area contributed by atoms with E-state index in [0.717, 1.165) is 17.2 Å². The summed E-state index contributed by atoms with van der Waals surface area (Å²) in [5.74, 6) is 1.33. The van der Waals surface area contributed by atoms with Gasteiger partial charge in [0.25, 0.3) is 0 Å². The number of amides is 1. The van der Waals surface area contributed by atoms with Crippen LogP contribution in [-0.4, -0.2) is 36.4 Å². The van der Waals surface area contributed by atoms with Crippen molar-refractivity contribution in [2.75, 3.05) is 11.1 Å². The highest BCUT2D eigenvalue weighted by molar-refractivity contribution is 7.99. The first kappa shape index (κ1) is 22.9. The number of halogens is 2. The standard InChI is InChI=1S/C19H20Cl2N6OS2/c1-4-27-15(9-29-18-22-11(2)8-12(3)23-18)25-26-19(27)30-10-16(28)24-17-13(20)6-5-7-14(17)21/h5-8H,4,9-10H2,1-3H3,(H,24,28). The Kier molecular flexibility index (Phi) is 7.99. The normalized spacial score (nSPS) is 11.0. The van der Waals surface area contributed by atoms with E-state index in [1.54, 1.807) is 18.2 Å². The van der Waals surface area contributed by atoms with Crippen LogP contribution in [-0.2, 0) is 17.1 Å². The van der Waals surface area contributed by atoms with Crippen LogP contribution in [0.5, 0.6) is 0 Å². The Morgan fingerprint density at radius 1 is 1.10 bits per heavy atom. The van der Waals surface area contributed by atoms with Gasteiger partial charge < -0.3 is 9.88 Å². The van der Waals surface area contributed by atoms with Crippen LogP contribution < -0.4 is 5.32 Å². The van der Waals surface area contributed by atoms with Crippen LogP contribution in [0.25, 0.3) is 0 Å². The number of hydrogen-bond donors (Lipinski definition) is 1. The van der Waals surface area contributed by atoms with Gasteiger partial charge in [-0.1, -0.05) is 52.8 Å². The molecule has 2 aromatic heterocycles. The summed E-state index contributed by atoms with van der Waals surface area (Å²) >= 11 is 15.0. The third-order valence-electron chi connectivity index (χ3n) is 3.96. The fraction of sp³-hybridized carbons (Fsp3) is 0.316. The van der Waals surface area contributed by atoms with E-state index in [9.17, 15) is 4.79 Å². The highest BCUT2D eigenvalue weighted by Gasteiger charge is 2.15. The molecule has 0 spiro atoms. The van der Waals surface area contributed by atoms with Gasteiger partial charge in [-0.05, 0) is 39.0 Å². The Labute approximate surface area is 193 Å². The van der Waals surface area contributed by atoms with Gasteiger partial charge in [0.15, 0.2) is 10.3 Å². The number of anilines is 1. The summed E-state index contributed by atoms with van der Waals surface area (Å²) in [6.45, 7) is 6.60. The van der Waals surface area contributed by atoms with E-state index < -0.39 is 0 Å². The molecule has 0 saturated carbocycles. The lowest BCUT2D eigenvalue weighted by Gasteiger charge is -2.09. The molecular formula is C19H20Cl2N6OS2. The van der Waals surface area contributed by atoms with Crippen LogP contribution in [0.2, 0.25) is 10.0 Å². The molecule has 3 aromatic rings. The van der Waals surface area contributed by atoms with Gasteiger partial charge >= 0.3 is 0 Å². The second-order valence-corrected chi connectivity index (χ2v) is 9.00. The third-order valence-corrected chi connectivity index (χ3v) is 6.40. The maximum absolute atomic E-state index is 12.3. The zero-order valence-corrected chi connectivity index (χ0v) is 19.8. The van der Waals surface area contributed by atoms with Gasteiger partial charge in [-0.25, -0.2) is 9.97 Å². The van der Waals surface area contributed by atoms with Crippen molar-refractivity contribution in [1.82, 2.24) is 24.7 Å². The number of hydrogen-bond acceptors (Lipinski definition) is 7. The Bertz CT molecular complexity index is 1020. The van der Waals surface area contributed by atoms with Crippen molar-refractivity contribution >= 4 is 58.3 Å². The smallest absolute Gasteiger partial charge is 0.234 e. The van der Waals surface area contributed by atoms with Crippen molar-refractivity contribution in [2.45, 2.75) is 43.4 Å². The maximum atomic E-state index is 12.3. The predicted octanol–water partition coefficient (Wildman–Crippen LogP) is 5.03. The number of aromatic nitrogens is 5. The molecule has 0 saturated heterocycles. The molecule has 0 aliphatic carbocycles. The first-order valence-electron chi connectivity index (χ1n) is 9.11. The van der Waals surface area contributed by atoms with Crippen molar-refractivity contribution in [3.63, 3.8) is 0 Å². The van der Waals surface area contributed by atoms with Gasteiger partial charge in [0.1, 0.15) is 5.82 Å². The first-order valence-corrected chi connectivity index (χ1v) is 11.8. The topological polar surface area (TPSA) is 85.6 Å². The number of nitrogens with one attached hydrogen (secondary N) is 1. The third kappa shape index (κ3) is 5.87. The zero-order chi connectivity index (χ0) is 21.7. The average molecular weight is 483 g/mol. The van der Waals surface area contributed by atoms with Gasteiger partial charge in [0, 0.05) is 17.9 Å².